The van der Waals surface area contributed by atoms with Gasteiger partial charge in [0.1, 0.15) is 5.82 Å². The molecule has 0 spiro atoms. The molecule has 1 fully saturated rings. The zero-order valence-electron chi connectivity index (χ0n) is 14.0. The van der Waals surface area contributed by atoms with Crippen molar-refractivity contribution >= 4 is 0 Å². The van der Waals surface area contributed by atoms with Crippen LogP contribution in [0.15, 0.2) is 36.7 Å². The average molecular weight is 313 g/mol. The van der Waals surface area contributed by atoms with Crippen LogP contribution < -0.4 is 5.32 Å². The lowest BCUT2D eigenvalue weighted by molar-refractivity contribution is 0.131. The molecule has 0 unspecified atom stereocenters. The maximum atomic E-state index is 4.25. The average Bonchev–Trinajstić information content (AvgIpc) is 3.10. The molecule has 1 saturated heterocycles. The van der Waals surface area contributed by atoms with Gasteiger partial charge in [-0.1, -0.05) is 31.2 Å². The van der Waals surface area contributed by atoms with Crippen molar-refractivity contribution in [1.29, 1.82) is 0 Å². The fourth-order valence-corrected chi connectivity index (χ4v) is 3.10. The summed E-state index contributed by atoms with van der Waals surface area (Å²) in [6.07, 6.45) is 3.65. The van der Waals surface area contributed by atoms with E-state index in [1.165, 1.54) is 43.9 Å². The molecule has 2 heterocycles. The van der Waals surface area contributed by atoms with Crippen molar-refractivity contribution < 1.29 is 0 Å². The number of piperazine rings is 1. The summed E-state index contributed by atoms with van der Waals surface area (Å²) in [6.45, 7) is 10.8. The van der Waals surface area contributed by atoms with Gasteiger partial charge < -0.3 is 15.2 Å². The standard InChI is InChI=1S/C18H27N5/c1-2-22-9-11-23(12-10-22)15-17-6-4-3-5-16(17)13-19-14-18-20-7-8-21-18/h3-8,19H,2,9-15H2,1H3,(H,20,21). The van der Waals surface area contributed by atoms with E-state index in [1.807, 2.05) is 6.20 Å². The molecule has 23 heavy (non-hydrogen) atoms. The largest absolute Gasteiger partial charge is 0.348 e. The minimum Gasteiger partial charge on any atom is -0.348 e. The van der Waals surface area contributed by atoms with Gasteiger partial charge in [0.2, 0.25) is 0 Å². The van der Waals surface area contributed by atoms with Crippen molar-refractivity contribution in [3.8, 4) is 0 Å². The van der Waals surface area contributed by atoms with Crippen molar-refractivity contribution in [2.24, 2.45) is 0 Å². The van der Waals surface area contributed by atoms with E-state index < -0.39 is 0 Å². The molecule has 1 aromatic heterocycles. The maximum absolute atomic E-state index is 4.25. The first kappa shape index (κ1) is 16.2. The smallest absolute Gasteiger partial charge is 0.120 e. The molecule has 0 atom stereocenters. The van der Waals surface area contributed by atoms with Crippen molar-refractivity contribution in [3.63, 3.8) is 0 Å². The van der Waals surface area contributed by atoms with Crippen LogP contribution in [0.1, 0.15) is 23.9 Å². The topological polar surface area (TPSA) is 47.2 Å². The van der Waals surface area contributed by atoms with Crippen LogP contribution in [0, 0.1) is 0 Å². The summed E-state index contributed by atoms with van der Waals surface area (Å²) in [4.78, 5) is 12.5. The number of H-pyrrole nitrogens is 1. The number of nitrogens with zero attached hydrogens (tertiary/aromatic N) is 3. The highest BCUT2D eigenvalue weighted by Crippen LogP contribution is 2.13. The quantitative estimate of drug-likeness (QED) is 0.819. The summed E-state index contributed by atoms with van der Waals surface area (Å²) < 4.78 is 0. The first-order valence-electron chi connectivity index (χ1n) is 8.55. The number of aromatic amines is 1. The Hall–Kier alpha value is -1.69. The number of aromatic nitrogens is 2. The second-order valence-electron chi connectivity index (χ2n) is 6.12. The summed E-state index contributed by atoms with van der Waals surface area (Å²) in [5.74, 6) is 0.984. The summed E-state index contributed by atoms with van der Waals surface area (Å²) in [7, 11) is 0. The molecule has 3 rings (SSSR count). The summed E-state index contributed by atoms with van der Waals surface area (Å²) >= 11 is 0. The SMILES string of the molecule is CCN1CCN(Cc2ccccc2CNCc2ncc[nH]2)CC1. The first-order valence-corrected chi connectivity index (χ1v) is 8.55. The van der Waals surface area contributed by atoms with Crippen molar-refractivity contribution in [2.75, 3.05) is 32.7 Å². The normalized spacial score (nSPS) is 16.7. The van der Waals surface area contributed by atoms with Crippen LogP contribution in [-0.2, 0) is 19.6 Å². The monoisotopic (exact) mass is 313 g/mol. The van der Waals surface area contributed by atoms with Crippen LogP contribution in [0.2, 0.25) is 0 Å². The lowest BCUT2D eigenvalue weighted by Gasteiger charge is -2.34. The molecule has 0 amide bonds. The number of hydrogen-bond acceptors (Lipinski definition) is 4. The van der Waals surface area contributed by atoms with Gasteiger partial charge >= 0.3 is 0 Å². The van der Waals surface area contributed by atoms with Gasteiger partial charge in [0.25, 0.3) is 0 Å². The van der Waals surface area contributed by atoms with E-state index in [1.54, 1.807) is 6.20 Å². The van der Waals surface area contributed by atoms with E-state index in [-0.39, 0.29) is 0 Å². The lowest BCUT2D eigenvalue weighted by Crippen LogP contribution is -2.45. The zero-order chi connectivity index (χ0) is 15.9. The zero-order valence-corrected chi connectivity index (χ0v) is 14.0. The number of hydrogen-bond donors (Lipinski definition) is 2. The van der Waals surface area contributed by atoms with Gasteiger partial charge in [0.05, 0.1) is 6.54 Å². The predicted molar refractivity (Wildman–Crippen MR) is 93.0 cm³/mol. The Kier molecular flexibility index (Phi) is 5.80. The van der Waals surface area contributed by atoms with Gasteiger partial charge in [-0.15, -0.1) is 0 Å². The van der Waals surface area contributed by atoms with Gasteiger partial charge in [0.15, 0.2) is 0 Å². The van der Waals surface area contributed by atoms with E-state index in [9.17, 15) is 0 Å². The van der Waals surface area contributed by atoms with Gasteiger partial charge in [-0.25, -0.2) is 4.98 Å². The molecule has 0 radical (unpaired) electrons. The number of likely N-dealkylation sites (N-methyl/N-ethyl adjacent to an activating group) is 1. The highest BCUT2D eigenvalue weighted by atomic mass is 15.3. The van der Waals surface area contributed by atoms with Crippen LogP contribution in [0.25, 0.3) is 0 Å². The highest BCUT2D eigenvalue weighted by molar-refractivity contribution is 5.27. The molecule has 5 heteroatoms. The molecule has 2 N–H and O–H groups in total. The molecule has 5 nitrogen and oxygen atoms in total. The van der Waals surface area contributed by atoms with Crippen LogP contribution in [0.3, 0.4) is 0 Å². The van der Waals surface area contributed by atoms with Crippen LogP contribution in [0.5, 0.6) is 0 Å². The van der Waals surface area contributed by atoms with E-state index in [4.69, 9.17) is 0 Å². The Bertz CT molecular complexity index is 573. The minimum absolute atomic E-state index is 0.774. The maximum Gasteiger partial charge on any atom is 0.120 e. The molecule has 1 aliphatic rings. The second-order valence-corrected chi connectivity index (χ2v) is 6.12. The molecule has 124 valence electrons. The van der Waals surface area contributed by atoms with E-state index in [2.05, 4.69) is 56.3 Å². The summed E-state index contributed by atoms with van der Waals surface area (Å²) in [6, 6.07) is 8.76. The predicted octanol–water partition coefficient (Wildman–Crippen LogP) is 1.84. The molecular formula is C18H27N5. The van der Waals surface area contributed by atoms with Gasteiger partial charge in [-0.05, 0) is 17.7 Å². The third-order valence-corrected chi connectivity index (χ3v) is 4.59. The molecular weight excluding hydrogens is 286 g/mol. The first-order chi connectivity index (χ1) is 11.3. The third-order valence-electron chi connectivity index (χ3n) is 4.59. The molecule has 2 aromatic rings. The fraction of sp³-hybridized carbons (Fsp3) is 0.500. The van der Waals surface area contributed by atoms with Crippen LogP contribution in [0.4, 0.5) is 0 Å². The Balaban J connectivity index is 1.53. The highest BCUT2D eigenvalue weighted by Gasteiger charge is 2.16. The third kappa shape index (κ3) is 4.64. The Morgan fingerprint density at radius 3 is 2.48 bits per heavy atom. The number of benzene rings is 1. The molecule has 0 bridgehead atoms. The number of imidazole rings is 1. The van der Waals surface area contributed by atoms with Crippen LogP contribution in [-0.4, -0.2) is 52.5 Å². The number of rotatable bonds is 7. The van der Waals surface area contributed by atoms with E-state index in [0.717, 1.165) is 25.5 Å². The molecule has 0 aliphatic carbocycles. The lowest BCUT2D eigenvalue weighted by atomic mass is 10.1. The number of nitrogens with one attached hydrogen (secondary N) is 2. The Labute approximate surface area is 138 Å². The van der Waals surface area contributed by atoms with Gasteiger partial charge in [0, 0.05) is 51.7 Å². The second kappa shape index (κ2) is 8.24. The van der Waals surface area contributed by atoms with Crippen molar-refractivity contribution in [1.82, 2.24) is 25.1 Å². The van der Waals surface area contributed by atoms with Gasteiger partial charge in [-0.2, -0.15) is 0 Å². The minimum atomic E-state index is 0.774. The summed E-state index contributed by atoms with van der Waals surface area (Å²) in [5.41, 5.74) is 2.82. The van der Waals surface area contributed by atoms with Crippen LogP contribution >= 0.6 is 0 Å². The van der Waals surface area contributed by atoms with E-state index in [0.29, 0.717) is 0 Å². The van der Waals surface area contributed by atoms with Crippen molar-refractivity contribution in [2.45, 2.75) is 26.6 Å². The Morgan fingerprint density at radius 2 is 1.78 bits per heavy atom. The van der Waals surface area contributed by atoms with E-state index >= 15 is 0 Å². The summed E-state index contributed by atoms with van der Waals surface area (Å²) in [5, 5.41) is 3.48. The van der Waals surface area contributed by atoms with Gasteiger partial charge in [-0.3, -0.25) is 4.90 Å². The molecule has 0 saturated carbocycles. The molecule has 1 aliphatic heterocycles. The fourth-order valence-electron chi connectivity index (χ4n) is 3.10. The van der Waals surface area contributed by atoms with Crippen molar-refractivity contribution in [3.05, 3.63) is 53.6 Å². The molecule has 1 aromatic carbocycles. The Morgan fingerprint density at radius 1 is 1.04 bits per heavy atom.